The van der Waals surface area contributed by atoms with Gasteiger partial charge >= 0.3 is 0 Å². The molecule has 21 heavy (non-hydrogen) atoms. The van der Waals surface area contributed by atoms with Gasteiger partial charge in [0, 0.05) is 26.6 Å². The van der Waals surface area contributed by atoms with Crippen LogP contribution in [-0.2, 0) is 4.74 Å². The van der Waals surface area contributed by atoms with Gasteiger partial charge in [0.25, 0.3) is 0 Å². The second-order valence-electron chi connectivity index (χ2n) is 5.10. The van der Waals surface area contributed by atoms with Gasteiger partial charge in [0.05, 0.1) is 6.61 Å². The number of aryl methyl sites for hydroxylation is 1. The van der Waals surface area contributed by atoms with E-state index in [-0.39, 0.29) is 6.10 Å². The highest BCUT2D eigenvalue weighted by Gasteiger charge is 2.25. The van der Waals surface area contributed by atoms with Crippen LogP contribution in [0, 0.1) is 6.92 Å². The van der Waals surface area contributed by atoms with E-state index in [1.54, 1.807) is 6.92 Å². The molecule has 0 radical (unpaired) electrons. The van der Waals surface area contributed by atoms with Crippen molar-refractivity contribution in [2.24, 2.45) is 0 Å². The van der Waals surface area contributed by atoms with Crippen LogP contribution in [0.25, 0.3) is 6.08 Å². The number of hydrogen-bond donors (Lipinski definition) is 0. The van der Waals surface area contributed by atoms with Crippen LogP contribution in [0.3, 0.4) is 0 Å². The van der Waals surface area contributed by atoms with Crippen LogP contribution in [0.5, 0.6) is 0 Å². The zero-order valence-electron chi connectivity index (χ0n) is 12.1. The Labute approximate surface area is 124 Å². The number of morpholine rings is 1. The number of benzene rings is 1. The third-order valence-electron chi connectivity index (χ3n) is 3.46. The Morgan fingerprint density at radius 2 is 2.19 bits per heavy atom. The zero-order valence-corrected chi connectivity index (χ0v) is 12.1. The minimum atomic E-state index is -0.0960. The molecule has 5 heteroatoms. The second kappa shape index (κ2) is 6.65. The summed E-state index contributed by atoms with van der Waals surface area (Å²) in [4.78, 5) is 6.58. The molecule has 0 aliphatic carbocycles. The molecule has 1 aliphatic rings. The minimum absolute atomic E-state index is 0.0960. The van der Waals surface area contributed by atoms with E-state index in [1.807, 2.05) is 18.2 Å². The quantitative estimate of drug-likeness (QED) is 0.863. The Kier molecular flexibility index (Phi) is 4.43. The van der Waals surface area contributed by atoms with Gasteiger partial charge < -0.3 is 9.26 Å². The molecule has 2 heterocycles. The predicted molar refractivity (Wildman–Crippen MR) is 79.6 cm³/mol. The van der Waals surface area contributed by atoms with Crippen LogP contribution in [0.15, 0.2) is 40.9 Å². The summed E-state index contributed by atoms with van der Waals surface area (Å²) < 4.78 is 10.7. The van der Waals surface area contributed by atoms with Crippen LogP contribution in [0.4, 0.5) is 0 Å². The Bertz CT molecular complexity index is 595. The molecule has 1 fully saturated rings. The number of rotatable bonds is 4. The first-order chi connectivity index (χ1) is 10.3. The van der Waals surface area contributed by atoms with E-state index in [2.05, 4.69) is 39.3 Å². The van der Waals surface area contributed by atoms with E-state index < -0.39 is 0 Å². The Morgan fingerprint density at radius 3 is 2.95 bits per heavy atom. The lowest BCUT2D eigenvalue weighted by atomic mass is 10.2. The van der Waals surface area contributed by atoms with Gasteiger partial charge in [0.2, 0.25) is 11.7 Å². The molecule has 1 aliphatic heterocycles. The Morgan fingerprint density at radius 1 is 1.33 bits per heavy atom. The Balaban J connectivity index is 1.55. The highest BCUT2D eigenvalue weighted by molar-refractivity contribution is 5.48. The van der Waals surface area contributed by atoms with E-state index in [9.17, 15) is 0 Å². The number of ether oxygens (including phenoxy) is 1. The lowest BCUT2D eigenvalue weighted by molar-refractivity contribution is -0.0313. The van der Waals surface area contributed by atoms with E-state index in [0.717, 1.165) is 19.6 Å². The predicted octanol–water partition coefficient (Wildman–Crippen LogP) is 2.46. The molecule has 0 bridgehead atoms. The molecule has 3 rings (SSSR count). The van der Waals surface area contributed by atoms with Crippen molar-refractivity contribution in [3.05, 3.63) is 53.7 Å². The van der Waals surface area contributed by atoms with Crippen LogP contribution in [-0.4, -0.2) is 41.3 Å². The van der Waals surface area contributed by atoms with Crippen molar-refractivity contribution >= 4 is 6.08 Å². The molecule has 0 saturated carbocycles. The molecule has 0 amide bonds. The van der Waals surface area contributed by atoms with Gasteiger partial charge in [-0.3, -0.25) is 4.90 Å². The molecule has 5 nitrogen and oxygen atoms in total. The van der Waals surface area contributed by atoms with Crippen LogP contribution >= 0.6 is 0 Å². The van der Waals surface area contributed by atoms with E-state index in [4.69, 9.17) is 9.26 Å². The maximum atomic E-state index is 5.72. The van der Waals surface area contributed by atoms with E-state index in [0.29, 0.717) is 18.3 Å². The third-order valence-corrected chi connectivity index (χ3v) is 3.46. The summed E-state index contributed by atoms with van der Waals surface area (Å²) >= 11 is 0. The molecular weight excluding hydrogens is 266 g/mol. The second-order valence-corrected chi connectivity index (χ2v) is 5.10. The minimum Gasteiger partial charge on any atom is -0.367 e. The molecular formula is C16H19N3O2. The van der Waals surface area contributed by atoms with E-state index >= 15 is 0 Å². The lowest BCUT2D eigenvalue weighted by Gasteiger charge is -2.30. The first-order valence-electron chi connectivity index (χ1n) is 7.17. The first kappa shape index (κ1) is 14.0. The van der Waals surface area contributed by atoms with Crippen molar-refractivity contribution in [2.45, 2.75) is 13.0 Å². The van der Waals surface area contributed by atoms with Crippen LogP contribution < -0.4 is 0 Å². The molecule has 0 N–H and O–H groups in total. The van der Waals surface area contributed by atoms with Crippen LogP contribution in [0.2, 0.25) is 0 Å². The molecule has 1 atom stereocenters. The van der Waals surface area contributed by atoms with Gasteiger partial charge in [-0.1, -0.05) is 47.6 Å². The molecule has 1 aromatic carbocycles. The molecule has 1 saturated heterocycles. The van der Waals surface area contributed by atoms with Gasteiger partial charge in [-0.05, 0) is 5.56 Å². The molecule has 2 aromatic rings. The number of hydrogen-bond acceptors (Lipinski definition) is 5. The van der Waals surface area contributed by atoms with Crippen LogP contribution in [0.1, 0.15) is 23.4 Å². The monoisotopic (exact) mass is 285 g/mol. The zero-order chi connectivity index (χ0) is 14.5. The van der Waals surface area contributed by atoms with Crippen molar-refractivity contribution in [3.63, 3.8) is 0 Å². The highest BCUT2D eigenvalue weighted by atomic mass is 16.5. The molecule has 1 unspecified atom stereocenters. The average Bonchev–Trinajstić information content (AvgIpc) is 2.95. The Hall–Kier alpha value is -1.98. The topological polar surface area (TPSA) is 51.4 Å². The fourth-order valence-electron chi connectivity index (χ4n) is 2.37. The third kappa shape index (κ3) is 3.77. The lowest BCUT2D eigenvalue weighted by Crippen LogP contribution is -2.38. The van der Waals surface area contributed by atoms with Gasteiger partial charge in [-0.15, -0.1) is 0 Å². The van der Waals surface area contributed by atoms with Crippen molar-refractivity contribution in [3.8, 4) is 0 Å². The van der Waals surface area contributed by atoms with E-state index in [1.165, 1.54) is 5.56 Å². The largest absolute Gasteiger partial charge is 0.367 e. The fraction of sp³-hybridized carbons (Fsp3) is 0.375. The summed E-state index contributed by atoms with van der Waals surface area (Å²) in [6, 6.07) is 10.3. The van der Waals surface area contributed by atoms with Crippen molar-refractivity contribution in [1.29, 1.82) is 0 Å². The van der Waals surface area contributed by atoms with Gasteiger partial charge in [0.15, 0.2) is 0 Å². The smallest absolute Gasteiger partial charge is 0.223 e. The summed E-state index contributed by atoms with van der Waals surface area (Å²) in [5.41, 5.74) is 1.22. The SMILES string of the molecule is Cc1nc(C2CN(CC=Cc3ccccc3)CCO2)no1. The molecule has 110 valence electrons. The van der Waals surface area contributed by atoms with Crippen molar-refractivity contribution in [2.75, 3.05) is 26.2 Å². The molecule has 0 spiro atoms. The van der Waals surface area contributed by atoms with Crippen molar-refractivity contribution in [1.82, 2.24) is 15.0 Å². The number of nitrogens with zero attached hydrogens (tertiary/aromatic N) is 3. The summed E-state index contributed by atoms with van der Waals surface area (Å²) in [5.74, 6) is 1.22. The maximum Gasteiger partial charge on any atom is 0.223 e. The first-order valence-corrected chi connectivity index (χ1v) is 7.17. The summed E-state index contributed by atoms with van der Waals surface area (Å²) in [5, 5.41) is 3.95. The highest BCUT2D eigenvalue weighted by Crippen LogP contribution is 2.19. The van der Waals surface area contributed by atoms with Gasteiger partial charge in [-0.25, -0.2) is 0 Å². The average molecular weight is 285 g/mol. The van der Waals surface area contributed by atoms with Crippen molar-refractivity contribution < 1.29 is 9.26 Å². The summed E-state index contributed by atoms with van der Waals surface area (Å²) in [7, 11) is 0. The standard InChI is InChI=1S/C16H19N3O2/c1-13-17-16(18-21-13)15-12-19(10-11-20-15)9-5-8-14-6-3-2-4-7-14/h2-8,15H,9-12H2,1H3. The fourth-order valence-corrected chi connectivity index (χ4v) is 2.37. The number of aromatic nitrogens is 2. The van der Waals surface area contributed by atoms with Gasteiger partial charge in [-0.2, -0.15) is 4.98 Å². The normalized spacial score (nSPS) is 20.1. The molecule has 1 aromatic heterocycles. The summed E-state index contributed by atoms with van der Waals surface area (Å²) in [6.07, 6.45) is 4.23. The van der Waals surface area contributed by atoms with Gasteiger partial charge in [0.1, 0.15) is 6.10 Å². The summed E-state index contributed by atoms with van der Waals surface area (Å²) in [6.45, 7) is 5.09. The maximum absolute atomic E-state index is 5.72.